The van der Waals surface area contributed by atoms with E-state index in [9.17, 15) is 9.59 Å². The third-order valence-electron chi connectivity index (χ3n) is 7.26. The molecule has 1 aromatic carbocycles. The molecule has 0 N–H and O–H groups in total. The molecule has 4 heterocycles. The number of ether oxygens (including phenoxy) is 2. The zero-order chi connectivity index (χ0) is 19.8. The van der Waals surface area contributed by atoms with Gasteiger partial charge in [0.1, 0.15) is 13.2 Å². The second kappa shape index (κ2) is 7.48. The van der Waals surface area contributed by atoms with Crippen LogP contribution in [0.5, 0.6) is 0 Å². The average molecular weight is 396 g/mol. The Morgan fingerprint density at radius 2 is 1.69 bits per heavy atom. The molecule has 0 aliphatic carbocycles. The monoisotopic (exact) mass is 396 g/mol. The zero-order valence-corrected chi connectivity index (χ0v) is 16.8. The third kappa shape index (κ3) is 3.78. The van der Waals surface area contributed by atoms with E-state index in [-0.39, 0.29) is 11.9 Å². The van der Waals surface area contributed by atoms with Gasteiger partial charge in [-0.3, -0.25) is 0 Å². The first-order valence-electron chi connectivity index (χ1n) is 10.7. The molecule has 2 fully saturated rings. The predicted molar refractivity (Wildman–Crippen MR) is 107 cm³/mol. The number of benzene rings is 1. The van der Waals surface area contributed by atoms with Gasteiger partial charge in [0.15, 0.2) is 0 Å². The van der Waals surface area contributed by atoms with Crippen LogP contribution in [0.3, 0.4) is 0 Å². The molecule has 1 spiro atoms. The summed E-state index contributed by atoms with van der Waals surface area (Å²) in [4.78, 5) is 27.8. The lowest BCUT2D eigenvalue weighted by molar-refractivity contribution is -0.135. The summed E-state index contributed by atoms with van der Waals surface area (Å²) >= 11 is 0. The van der Waals surface area contributed by atoms with Crippen LogP contribution < -0.4 is 0 Å². The largest absolute Gasteiger partial charge is 0.457 e. The van der Waals surface area contributed by atoms with Crippen LogP contribution in [0.15, 0.2) is 30.0 Å². The fourth-order valence-electron chi connectivity index (χ4n) is 5.20. The molecule has 5 rings (SSSR count). The second-order valence-corrected chi connectivity index (χ2v) is 8.89. The van der Waals surface area contributed by atoms with Crippen molar-refractivity contribution in [2.45, 2.75) is 38.7 Å². The molecule has 0 atom stereocenters. The summed E-state index contributed by atoms with van der Waals surface area (Å²) in [6.07, 6.45) is 7.63. The number of nitrogens with zero attached hydrogens (tertiary/aromatic N) is 2. The van der Waals surface area contributed by atoms with E-state index in [4.69, 9.17) is 9.47 Å². The highest BCUT2D eigenvalue weighted by Gasteiger charge is 2.38. The van der Waals surface area contributed by atoms with Crippen LogP contribution in [0.25, 0.3) is 0 Å². The van der Waals surface area contributed by atoms with E-state index in [0.717, 1.165) is 56.0 Å². The number of piperidine rings is 2. The zero-order valence-electron chi connectivity index (χ0n) is 16.8. The van der Waals surface area contributed by atoms with Crippen molar-refractivity contribution in [1.82, 2.24) is 9.80 Å². The van der Waals surface area contributed by atoms with Crippen molar-refractivity contribution in [3.8, 4) is 0 Å². The van der Waals surface area contributed by atoms with Crippen molar-refractivity contribution >= 4 is 11.9 Å². The number of hydrogen-bond acceptors (Lipinski definition) is 6. The average Bonchev–Trinajstić information content (AvgIpc) is 3.34. The number of esters is 2. The minimum absolute atomic E-state index is 0.192. The highest BCUT2D eigenvalue weighted by molar-refractivity contribution is 5.93. The number of carbonyl (C=O) groups is 2. The smallest absolute Gasteiger partial charge is 0.338 e. The van der Waals surface area contributed by atoms with Gasteiger partial charge in [0.25, 0.3) is 0 Å². The second-order valence-electron chi connectivity index (χ2n) is 8.89. The van der Waals surface area contributed by atoms with E-state index >= 15 is 0 Å². The molecule has 154 valence electrons. The molecule has 0 amide bonds. The summed E-state index contributed by atoms with van der Waals surface area (Å²) in [7, 11) is 0. The van der Waals surface area contributed by atoms with Crippen LogP contribution in [0.1, 0.15) is 47.2 Å². The molecule has 0 unspecified atom stereocenters. The first kappa shape index (κ1) is 18.7. The first-order valence-corrected chi connectivity index (χ1v) is 10.7. The number of hydrogen-bond donors (Lipinski definition) is 0. The minimum Gasteiger partial charge on any atom is -0.457 e. The van der Waals surface area contributed by atoms with E-state index in [1.807, 2.05) is 6.07 Å². The molecule has 0 saturated carbocycles. The summed E-state index contributed by atoms with van der Waals surface area (Å²) in [6, 6.07) is 6.11. The molecule has 6 heteroatoms. The molecule has 0 aromatic heterocycles. The maximum absolute atomic E-state index is 11.6. The molecular weight excluding hydrogens is 368 g/mol. The molecule has 4 aliphatic rings. The van der Waals surface area contributed by atoms with E-state index < -0.39 is 0 Å². The summed E-state index contributed by atoms with van der Waals surface area (Å²) in [5, 5.41) is 0. The highest BCUT2D eigenvalue weighted by atomic mass is 16.5. The fourth-order valence-corrected chi connectivity index (χ4v) is 5.20. The molecule has 1 aromatic rings. The molecule has 2 saturated heterocycles. The van der Waals surface area contributed by atoms with Gasteiger partial charge in [-0.2, -0.15) is 0 Å². The lowest BCUT2D eigenvalue weighted by Crippen LogP contribution is -2.47. The van der Waals surface area contributed by atoms with E-state index in [2.05, 4.69) is 21.9 Å². The van der Waals surface area contributed by atoms with Gasteiger partial charge in [-0.05, 0) is 62.2 Å². The van der Waals surface area contributed by atoms with Crippen LogP contribution in [0.2, 0.25) is 0 Å². The Morgan fingerprint density at radius 1 is 0.931 bits per heavy atom. The van der Waals surface area contributed by atoms with Crippen molar-refractivity contribution in [2.75, 3.05) is 39.3 Å². The van der Waals surface area contributed by atoms with Crippen molar-refractivity contribution in [2.24, 2.45) is 5.41 Å². The number of likely N-dealkylation sites (tertiary alicyclic amines) is 2. The summed E-state index contributed by atoms with van der Waals surface area (Å²) in [5.74, 6) is -0.390. The fraction of sp³-hybridized carbons (Fsp3) is 0.565. The number of fused-ring (bicyclic) bond motifs is 1. The van der Waals surface area contributed by atoms with Gasteiger partial charge in [0.2, 0.25) is 0 Å². The Kier molecular flexibility index (Phi) is 4.82. The molecule has 4 aliphatic heterocycles. The number of rotatable bonds is 4. The molecule has 0 radical (unpaired) electrons. The molecule has 29 heavy (non-hydrogen) atoms. The van der Waals surface area contributed by atoms with Crippen molar-refractivity contribution in [3.05, 3.63) is 46.7 Å². The quantitative estimate of drug-likeness (QED) is 0.729. The SMILES string of the molecule is O=C1C=C(N2CCC3(CCN(CCc4ccc5c(c4)COC5=O)CC3)CC2)CO1. The van der Waals surface area contributed by atoms with E-state index in [0.29, 0.717) is 18.6 Å². The van der Waals surface area contributed by atoms with Gasteiger partial charge >= 0.3 is 11.9 Å². The van der Waals surface area contributed by atoms with Gasteiger partial charge in [-0.25, -0.2) is 9.59 Å². The van der Waals surface area contributed by atoms with Gasteiger partial charge in [0.05, 0.1) is 11.3 Å². The maximum Gasteiger partial charge on any atom is 0.338 e. The Morgan fingerprint density at radius 3 is 2.41 bits per heavy atom. The van der Waals surface area contributed by atoms with Crippen molar-refractivity contribution in [3.63, 3.8) is 0 Å². The van der Waals surface area contributed by atoms with Gasteiger partial charge in [-0.1, -0.05) is 12.1 Å². The molecule has 6 nitrogen and oxygen atoms in total. The van der Waals surface area contributed by atoms with Crippen LogP contribution in [0, 0.1) is 5.41 Å². The van der Waals surface area contributed by atoms with Gasteiger partial charge in [0, 0.05) is 31.3 Å². The Balaban J connectivity index is 1.10. The van der Waals surface area contributed by atoms with E-state index in [1.165, 1.54) is 31.2 Å². The topological polar surface area (TPSA) is 59.1 Å². The Hall–Kier alpha value is -2.34. The van der Waals surface area contributed by atoms with Gasteiger partial charge in [-0.15, -0.1) is 0 Å². The first-order chi connectivity index (χ1) is 14.1. The van der Waals surface area contributed by atoms with Gasteiger partial charge < -0.3 is 19.3 Å². The van der Waals surface area contributed by atoms with Crippen LogP contribution >= 0.6 is 0 Å². The summed E-state index contributed by atoms with van der Waals surface area (Å²) in [6.45, 7) is 6.34. The predicted octanol–water partition coefficient (Wildman–Crippen LogP) is 2.52. The minimum atomic E-state index is -0.198. The highest BCUT2D eigenvalue weighted by Crippen LogP contribution is 2.42. The van der Waals surface area contributed by atoms with Crippen LogP contribution in [0.4, 0.5) is 0 Å². The summed E-state index contributed by atoms with van der Waals surface area (Å²) in [5.41, 5.74) is 4.58. The Labute approximate surface area is 171 Å². The van der Waals surface area contributed by atoms with Crippen LogP contribution in [-0.2, 0) is 27.3 Å². The Bertz CT molecular complexity index is 844. The molecule has 0 bridgehead atoms. The lowest BCUT2D eigenvalue weighted by Gasteiger charge is -2.47. The number of cyclic esters (lactones) is 2. The summed E-state index contributed by atoms with van der Waals surface area (Å²) < 4.78 is 10.2. The third-order valence-corrected chi connectivity index (χ3v) is 7.26. The maximum atomic E-state index is 11.6. The van der Waals surface area contributed by atoms with E-state index in [1.54, 1.807) is 6.08 Å². The normalized spacial score (nSPS) is 23.7. The molecular formula is C23H28N2O4. The lowest BCUT2D eigenvalue weighted by atomic mass is 9.71. The van der Waals surface area contributed by atoms with Crippen molar-refractivity contribution < 1.29 is 19.1 Å². The number of carbonyl (C=O) groups excluding carboxylic acids is 2. The van der Waals surface area contributed by atoms with Crippen LogP contribution in [-0.4, -0.2) is 61.1 Å². The van der Waals surface area contributed by atoms with Crippen molar-refractivity contribution in [1.29, 1.82) is 0 Å². The standard InChI is InChI=1S/C23H28N2O4/c26-21-14-19(16-28-21)25-11-6-23(7-12-25)4-9-24(10-5-23)8-3-17-1-2-20-18(13-17)15-29-22(20)27/h1-2,13-14H,3-12,15-16H2.